The smallest absolute Gasteiger partial charge is 0.383 e. The zero-order chi connectivity index (χ0) is 13.0. The summed E-state index contributed by atoms with van der Waals surface area (Å²) in [5, 5.41) is 14.0. The molecule has 1 N–H and O–H groups in total. The summed E-state index contributed by atoms with van der Waals surface area (Å²) in [5.74, 6) is 0.891. The first-order valence-electron chi connectivity index (χ1n) is 5.44. The summed E-state index contributed by atoms with van der Waals surface area (Å²) < 4.78 is 6.73. The molecule has 0 spiro atoms. The topological polar surface area (TPSA) is 82.2 Å². The van der Waals surface area contributed by atoms with E-state index < -0.39 is 4.92 Å². The predicted molar refractivity (Wildman–Crippen MR) is 64.2 cm³/mol. The second kappa shape index (κ2) is 5.62. The van der Waals surface area contributed by atoms with Crippen molar-refractivity contribution in [1.29, 1.82) is 0 Å². The lowest BCUT2D eigenvalue weighted by atomic mass is 10.2. The maximum atomic E-state index is 10.9. The number of nitrogens with zero attached hydrogens (tertiary/aromatic N) is 3. The number of aromatic nitrogens is 2. The van der Waals surface area contributed by atoms with Crippen LogP contribution in [0.4, 0.5) is 11.6 Å². The van der Waals surface area contributed by atoms with E-state index in [1.807, 2.05) is 6.92 Å². The van der Waals surface area contributed by atoms with Crippen LogP contribution in [0, 0.1) is 17.0 Å². The van der Waals surface area contributed by atoms with Gasteiger partial charge >= 0.3 is 5.82 Å². The van der Waals surface area contributed by atoms with E-state index >= 15 is 0 Å². The van der Waals surface area contributed by atoms with Gasteiger partial charge in [-0.15, -0.1) is 0 Å². The van der Waals surface area contributed by atoms with Crippen LogP contribution in [0.25, 0.3) is 0 Å². The molecule has 1 rings (SSSR count). The highest BCUT2D eigenvalue weighted by Crippen LogP contribution is 2.24. The van der Waals surface area contributed by atoms with Crippen LogP contribution in [-0.2, 0) is 11.8 Å². The van der Waals surface area contributed by atoms with E-state index in [4.69, 9.17) is 4.74 Å². The fourth-order valence-corrected chi connectivity index (χ4v) is 1.54. The molecule has 1 aromatic heterocycles. The van der Waals surface area contributed by atoms with E-state index in [1.54, 1.807) is 25.6 Å². The molecule has 7 heteroatoms. The van der Waals surface area contributed by atoms with Crippen molar-refractivity contribution in [1.82, 2.24) is 9.55 Å². The number of methoxy groups -OCH3 is 1. The van der Waals surface area contributed by atoms with E-state index in [-0.39, 0.29) is 11.9 Å². The molecule has 1 aromatic rings. The third-order valence-electron chi connectivity index (χ3n) is 2.67. The Kier molecular flexibility index (Phi) is 4.45. The van der Waals surface area contributed by atoms with Crippen LogP contribution in [0.2, 0.25) is 0 Å². The molecule has 0 saturated heterocycles. The summed E-state index contributed by atoms with van der Waals surface area (Å²) in [4.78, 5) is 14.3. The fourth-order valence-electron chi connectivity index (χ4n) is 1.54. The Bertz CT molecular complexity index is 403. The number of anilines is 1. The highest BCUT2D eigenvalue weighted by molar-refractivity contribution is 5.54. The number of rotatable bonds is 6. The molecule has 0 amide bonds. The Morgan fingerprint density at radius 3 is 2.76 bits per heavy atom. The summed E-state index contributed by atoms with van der Waals surface area (Å²) in [6.45, 7) is 4.22. The van der Waals surface area contributed by atoms with Gasteiger partial charge in [-0.2, -0.15) is 0 Å². The molecule has 1 atom stereocenters. The van der Waals surface area contributed by atoms with E-state index in [1.165, 1.54) is 0 Å². The molecule has 0 aliphatic heterocycles. The van der Waals surface area contributed by atoms with Crippen LogP contribution >= 0.6 is 0 Å². The van der Waals surface area contributed by atoms with Crippen LogP contribution in [0.3, 0.4) is 0 Å². The number of hydrogen-bond donors (Lipinski definition) is 1. The third kappa shape index (κ3) is 2.94. The van der Waals surface area contributed by atoms with Crippen molar-refractivity contribution in [2.75, 3.05) is 19.0 Å². The first-order valence-corrected chi connectivity index (χ1v) is 5.44. The van der Waals surface area contributed by atoms with Crippen molar-refractivity contribution in [2.45, 2.75) is 26.3 Å². The monoisotopic (exact) mass is 242 g/mol. The van der Waals surface area contributed by atoms with Gasteiger partial charge in [0.1, 0.15) is 0 Å². The minimum Gasteiger partial charge on any atom is -0.383 e. The van der Waals surface area contributed by atoms with Gasteiger partial charge in [0.05, 0.1) is 12.6 Å². The highest BCUT2D eigenvalue weighted by Gasteiger charge is 2.25. The Morgan fingerprint density at radius 2 is 2.29 bits per heavy atom. The van der Waals surface area contributed by atoms with Gasteiger partial charge in [0.25, 0.3) is 0 Å². The number of imidazole rings is 1. The Hall–Kier alpha value is -1.63. The quantitative estimate of drug-likeness (QED) is 0.603. The van der Waals surface area contributed by atoms with Crippen molar-refractivity contribution in [2.24, 2.45) is 7.05 Å². The molecule has 96 valence electrons. The van der Waals surface area contributed by atoms with E-state index in [2.05, 4.69) is 10.3 Å². The summed E-state index contributed by atoms with van der Waals surface area (Å²) in [6.07, 6.45) is 0.815. The van der Waals surface area contributed by atoms with Crippen LogP contribution in [0.1, 0.15) is 19.2 Å². The maximum Gasteiger partial charge on any atom is 0.406 e. The molecular formula is C10H18N4O3. The minimum absolute atomic E-state index is 0.0356. The number of nitrogens with one attached hydrogen (secondary N) is 1. The standard InChI is InChI=1S/C10H18N4O3/c1-5-8(6-17-4)12-9-10(14(15)16)11-7(2)13(9)3/h8,12H,5-6H2,1-4H3. The van der Waals surface area contributed by atoms with Crippen LogP contribution in [-0.4, -0.2) is 34.2 Å². The molecule has 0 saturated carbocycles. The van der Waals surface area contributed by atoms with Gasteiger partial charge in [-0.25, -0.2) is 0 Å². The van der Waals surface area contributed by atoms with Gasteiger partial charge in [0, 0.05) is 21.1 Å². The van der Waals surface area contributed by atoms with Crippen LogP contribution < -0.4 is 5.32 Å². The van der Waals surface area contributed by atoms with Crippen molar-refractivity contribution in [3.8, 4) is 0 Å². The first-order chi connectivity index (χ1) is 8.01. The minimum atomic E-state index is -0.477. The normalized spacial score (nSPS) is 12.5. The van der Waals surface area contributed by atoms with E-state index in [9.17, 15) is 10.1 Å². The lowest BCUT2D eigenvalue weighted by Crippen LogP contribution is -2.25. The van der Waals surface area contributed by atoms with Gasteiger partial charge in [-0.05, 0) is 16.3 Å². The lowest BCUT2D eigenvalue weighted by Gasteiger charge is -2.16. The summed E-state index contributed by atoms with van der Waals surface area (Å²) in [5.41, 5.74) is 0. The zero-order valence-corrected chi connectivity index (χ0v) is 10.6. The Balaban J connectivity index is 2.99. The molecule has 0 fully saturated rings. The van der Waals surface area contributed by atoms with Gasteiger partial charge in [0.2, 0.25) is 11.6 Å². The molecule has 0 aliphatic carbocycles. The molecule has 7 nitrogen and oxygen atoms in total. The Labute approximate surface area is 99.9 Å². The number of hydrogen-bond acceptors (Lipinski definition) is 5. The zero-order valence-electron chi connectivity index (χ0n) is 10.6. The predicted octanol–water partition coefficient (Wildman–Crippen LogP) is 1.47. The maximum absolute atomic E-state index is 10.9. The molecule has 0 aliphatic rings. The van der Waals surface area contributed by atoms with Crippen molar-refractivity contribution in [3.05, 3.63) is 15.9 Å². The van der Waals surface area contributed by atoms with Crippen molar-refractivity contribution >= 4 is 11.6 Å². The highest BCUT2D eigenvalue weighted by atomic mass is 16.6. The molecule has 0 bridgehead atoms. The van der Waals surface area contributed by atoms with Crippen LogP contribution in [0.5, 0.6) is 0 Å². The molecule has 0 aromatic carbocycles. The Morgan fingerprint density at radius 1 is 1.65 bits per heavy atom. The third-order valence-corrected chi connectivity index (χ3v) is 2.67. The van der Waals surface area contributed by atoms with Gasteiger partial charge in [-0.1, -0.05) is 6.92 Å². The summed E-state index contributed by atoms with van der Waals surface area (Å²) in [6, 6.07) is 0.0356. The molecule has 1 unspecified atom stereocenters. The summed E-state index contributed by atoms with van der Waals surface area (Å²) >= 11 is 0. The van der Waals surface area contributed by atoms with E-state index in [0.29, 0.717) is 18.2 Å². The average molecular weight is 242 g/mol. The second-order valence-corrected chi connectivity index (χ2v) is 3.85. The van der Waals surface area contributed by atoms with E-state index in [0.717, 1.165) is 6.42 Å². The summed E-state index contributed by atoms with van der Waals surface area (Å²) in [7, 11) is 3.35. The largest absolute Gasteiger partial charge is 0.406 e. The number of ether oxygens (including phenoxy) is 1. The molecular weight excluding hydrogens is 224 g/mol. The van der Waals surface area contributed by atoms with Gasteiger partial charge in [-0.3, -0.25) is 4.57 Å². The average Bonchev–Trinajstić information content (AvgIpc) is 2.56. The SMILES string of the molecule is CCC(COC)Nc1c([N+](=O)[O-])nc(C)n1C. The second-order valence-electron chi connectivity index (χ2n) is 3.85. The molecule has 1 heterocycles. The lowest BCUT2D eigenvalue weighted by molar-refractivity contribution is -0.388. The molecule has 0 radical (unpaired) electrons. The van der Waals surface area contributed by atoms with Crippen LogP contribution in [0.15, 0.2) is 0 Å². The molecule has 17 heavy (non-hydrogen) atoms. The fraction of sp³-hybridized carbons (Fsp3) is 0.700. The van der Waals surface area contributed by atoms with Crippen molar-refractivity contribution < 1.29 is 9.66 Å². The van der Waals surface area contributed by atoms with Gasteiger partial charge < -0.3 is 20.2 Å². The number of nitro groups is 1. The first kappa shape index (κ1) is 13.4. The number of aryl methyl sites for hydroxylation is 1. The van der Waals surface area contributed by atoms with Gasteiger partial charge in [0.15, 0.2) is 0 Å². The van der Waals surface area contributed by atoms with Crippen molar-refractivity contribution in [3.63, 3.8) is 0 Å².